The topological polar surface area (TPSA) is 38.9 Å². The van der Waals surface area contributed by atoms with E-state index in [1.165, 1.54) is 6.07 Å². The molecular formula is C18H17FN2. The fourth-order valence-electron chi connectivity index (χ4n) is 2.68. The van der Waals surface area contributed by atoms with Crippen LogP contribution in [0.3, 0.4) is 0 Å². The zero-order chi connectivity index (χ0) is 14.8. The van der Waals surface area contributed by atoms with Crippen molar-refractivity contribution in [3.05, 3.63) is 77.2 Å². The van der Waals surface area contributed by atoms with Crippen molar-refractivity contribution in [3.8, 4) is 0 Å². The predicted octanol–water partition coefficient (Wildman–Crippen LogP) is 3.92. The number of nitrogens with zero attached hydrogens (tertiary/aromatic N) is 1. The minimum atomic E-state index is -0.209. The van der Waals surface area contributed by atoms with Crippen LogP contribution in [-0.2, 0) is 6.42 Å². The van der Waals surface area contributed by atoms with E-state index >= 15 is 0 Å². The lowest BCUT2D eigenvalue weighted by Crippen LogP contribution is -2.14. The summed E-state index contributed by atoms with van der Waals surface area (Å²) in [5.74, 6) is -0.209. The third kappa shape index (κ3) is 2.78. The number of pyridine rings is 1. The van der Waals surface area contributed by atoms with Crippen molar-refractivity contribution in [2.24, 2.45) is 5.73 Å². The Bertz CT molecular complexity index is 778. The molecule has 0 bridgehead atoms. The van der Waals surface area contributed by atoms with Crippen LogP contribution < -0.4 is 5.73 Å². The van der Waals surface area contributed by atoms with Gasteiger partial charge in [-0.15, -0.1) is 0 Å². The van der Waals surface area contributed by atoms with E-state index in [9.17, 15) is 4.39 Å². The molecule has 0 aliphatic carbocycles. The van der Waals surface area contributed by atoms with Crippen molar-refractivity contribution >= 4 is 10.9 Å². The number of rotatable bonds is 3. The Hall–Kier alpha value is -2.26. The van der Waals surface area contributed by atoms with Crippen molar-refractivity contribution in [2.75, 3.05) is 0 Å². The molecule has 3 heteroatoms. The van der Waals surface area contributed by atoms with Crippen LogP contribution >= 0.6 is 0 Å². The lowest BCUT2D eigenvalue weighted by molar-refractivity contribution is 0.624. The van der Waals surface area contributed by atoms with Gasteiger partial charge < -0.3 is 5.73 Å². The summed E-state index contributed by atoms with van der Waals surface area (Å²) in [6.07, 6.45) is 2.47. The molecule has 0 saturated carbocycles. The van der Waals surface area contributed by atoms with Gasteiger partial charge in [0.2, 0.25) is 0 Å². The molecule has 0 aliphatic heterocycles. The molecule has 2 aromatic carbocycles. The molecule has 21 heavy (non-hydrogen) atoms. The number of halogens is 1. The van der Waals surface area contributed by atoms with E-state index in [0.717, 1.165) is 27.6 Å². The third-order valence-corrected chi connectivity index (χ3v) is 3.83. The Kier molecular flexibility index (Phi) is 3.67. The summed E-state index contributed by atoms with van der Waals surface area (Å²) in [4.78, 5) is 4.36. The average Bonchev–Trinajstić information content (AvgIpc) is 2.49. The average molecular weight is 280 g/mol. The van der Waals surface area contributed by atoms with E-state index in [0.29, 0.717) is 6.42 Å². The van der Waals surface area contributed by atoms with Crippen LogP contribution in [0, 0.1) is 12.7 Å². The Balaban J connectivity index is 1.95. The number of aromatic nitrogens is 1. The maximum absolute atomic E-state index is 13.2. The van der Waals surface area contributed by atoms with E-state index in [1.807, 2.05) is 43.3 Å². The predicted molar refractivity (Wildman–Crippen MR) is 83.5 cm³/mol. The number of nitrogens with two attached hydrogens (primary N) is 1. The van der Waals surface area contributed by atoms with Gasteiger partial charge >= 0.3 is 0 Å². The summed E-state index contributed by atoms with van der Waals surface area (Å²) in [7, 11) is 0. The molecule has 3 rings (SSSR count). The fraction of sp³-hybridized carbons (Fsp3) is 0.167. The molecule has 0 radical (unpaired) electrons. The van der Waals surface area contributed by atoms with Gasteiger partial charge in [0.25, 0.3) is 0 Å². The van der Waals surface area contributed by atoms with Crippen molar-refractivity contribution in [1.29, 1.82) is 0 Å². The molecule has 2 nitrogen and oxygen atoms in total. The van der Waals surface area contributed by atoms with Gasteiger partial charge in [0, 0.05) is 17.6 Å². The maximum atomic E-state index is 13.2. The molecule has 0 amide bonds. The number of hydrogen-bond acceptors (Lipinski definition) is 2. The van der Waals surface area contributed by atoms with Crippen LogP contribution in [0.1, 0.15) is 22.7 Å². The minimum absolute atomic E-state index is 0.137. The normalized spacial score (nSPS) is 12.5. The molecule has 1 unspecified atom stereocenters. The first-order chi connectivity index (χ1) is 10.1. The van der Waals surface area contributed by atoms with Crippen LogP contribution in [0.5, 0.6) is 0 Å². The van der Waals surface area contributed by atoms with Gasteiger partial charge in [-0.2, -0.15) is 0 Å². The number of benzene rings is 2. The Morgan fingerprint density at radius 3 is 2.76 bits per heavy atom. The number of para-hydroxylation sites is 1. The highest BCUT2D eigenvalue weighted by molar-refractivity contribution is 5.82. The van der Waals surface area contributed by atoms with E-state index in [4.69, 9.17) is 5.73 Å². The zero-order valence-corrected chi connectivity index (χ0v) is 11.9. The Morgan fingerprint density at radius 1 is 1.14 bits per heavy atom. The number of hydrogen-bond donors (Lipinski definition) is 1. The number of fused-ring (bicyclic) bond motifs is 1. The Morgan fingerprint density at radius 2 is 1.95 bits per heavy atom. The van der Waals surface area contributed by atoms with Gasteiger partial charge in [-0.25, -0.2) is 4.39 Å². The SMILES string of the molecule is Cc1cc(F)ccc1CC(N)c1ccnc2ccccc12. The lowest BCUT2D eigenvalue weighted by Gasteiger charge is -2.16. The standard InChI is InChI=1S/C18H17FN2/c1-12-10-14(19)7-6-13(12)11-17(20)15-8-9-21-18-5-3-2-4-16(15)18/h2-10,17H,11,20H2,1H3. The summed E-state index contributed by atoms with van der Waals surface area (Å²) in [6, 6.07) is 14.6. The third-order valence-electron chi connectivity index (χ3n) is 3.83. The van der Waals surface area contributed by atoms with Gasteiger partial charge in [0.15, 0.2) is 0 Å². The summed E-state index contributed by atoms with van der Waals surface area (Å²) < 4.78 is 13.2. The zero-order valence-electron chi connectivity index (χ0n) is 11.9. The van der Waals surface area contributed by atoms with Crippen LogP contribution in [0.15, 0.2) is 54.7 Å². The summed E-state index contributed by atoms with van der Waals surface area (Å²) >= 11 is 0. The largest absolute Gasteiger partial charge is 0.324 e. The van der Waals surface area contributed by atoms with Crippen LogP contribution in [0.25, 0.3) is 10.9 Å². The number of aryl methyl sites for hydroxylation is 1. The van der Waals surface area contributed by atoms with Crippen LogP contribution in [-0.4, -0.2) is 4.98 Å². The highest BCUT2D eigenvalue weighted by atomic mass is 19.1. The Labute approximate surface area is 123 Å². The molecular weight excluding hydrogens is 263 g/mol. The van der Waals surface area contributed by atoms with Crippen LogP contribution in [0.2, 0.25) is 0 Å². The van der Waals surface area contributed by atoms with Gasteiger partial charge in [0.1, 0.15) is 5.82 Å². The maximum Gasteiger partial charge on any atom is 0.123 e. The van der Waals surface area contributed by atoms with E-state index in [-0.39, 0.29) is 11.9 Å². The summed E-state index contributed by atoms with van der Waals surface area (Å²) in [5, 5.41) is 1.08. The van der Waals surface area contributed by atoms with E-state index in [1.54, 1.807) is 12.3 Å². The first-order valence-corrected chi connectivity index (χ1v) is 6.99. The molecule has 0 saturated heterocycles. The monoisotopic (exact) mass is 280 g/mol. The molecule has 0 spiro atoms. The lowest BCUT2D eigenvalue weighted by atomic mass is 9.95. The van der Waals surface area contributed by atoms with Gasteiger partial charge in [-0.05, 0) is 54.3 Å². The molecule has 1 heterocycles. The fourth-order valence-corrected chi connectivity index (χ4v) is 2.68. The van der Waals surface area contributed by atoms with E-state index < -0.39 is 0 Å². The smallest absolute Gasteiger partial charge is 0.123 e. The highest BCUT2D eigenvalue weighted by Crippen LogP contribution is 2.25. The first kappa shape index (κ1) is 13.7. The molecule has 0 aliphatic rings. The minimum Gasteiger partial charge on any atom is -0.324 e. The van der Waals surface area contributed by atoms with Crippen molar-refractivity contribution < 1.29 is 4.39 Å². The molecule has 106 valence electrons. The summed E-state index contributed by atoms with van der Waals surface area (Å²) in [6.45, 7) is 1.91. The highest BCUT2D eigenvalue weighted by Gasteiger charge is 2.12. The molecule has 0 fully saturated rings. The summed E-state index contributed by atoms with van der Waals surface area (Å²) in [5.41, 5.74) is 10.4. The van der Waals surface area contributed by atoms with Crippen molar-refractivity contribution in [3.63, 3.8) is 0 Å². The van der Waals surface area contributed by atoms with Crippen molar-refractivity contribution in [1.82, 2.24) is 4.98 Å². The molecule has 1 atom stereocenters. The van der Waals surface area contributed by atoms with Crippen molar-refractivity contribution in [2.45, 2.75) is 19.4 Å². The van der Waals surface area contributed by atoms with Gasteiger partial charge in [-0.3, -0.25) is 4.98 Å². The van der Waals surface area contributed by atoms with Gasteiger partial charge in [0.05, 0.1) is 5.52 Å². The molecule has 3 aromatic rings. The van der Waals surface area contributed by atoms with Gasteiger partial charge in [-0.1, -0.05) is 24.3 Å². The second-order valence-corrected chi connectivity index (χ2v) is 5.30. The second-order valence-electron chi connectivity index (χ2n) is 5.30. The first-order valence-electron chi connectivity index (χ1n) is 6.99. The van der Waals surface area contributed by atoms with Crippen LogP contribution in [0.4, 0.5) is 4.39 Å². The van der Waals surface area contributed by atoms with E-state index in [2.05, 4.69) is 4.98 Å². The molecule has 1 aromatic heterocycles. The quantitative estimate of drug-likeness (QED) is 0.789. The second kappa shape index (κ2) is 5.62. The molecule has 2 N–H and O–H groups in total.